The highest BCUT2D eigenvalue weighted by atomic mass is 19.1. The van der Waals surface area contributed by atoms with Crippen molar-refractivity contribution in [2.24, 2.45) is 11.7 Å². The molecule has 2 rings (SSSR count). The Balaban J connectivity index is 2.06. The number of benzene rings is 1. The van der Waals surface area contributed by atoms with Crippen molar-refractivity contribution >= 4 is 11.6 Å². The van der Waals surface area contributed by atoms with E-state index in [4.69, 9.17) is 5.73 Å². The zero-order valence-corrected chi connectivity index (χ0v) is 10.6. The van der Waals surface area contributed by atoms with E-state index < -0.39 is 0 Å². The van der Waals surface area contributed by atoms with Gasteiger partial charge in [0.25, 0.3) is 0 Å². The first kappa shape index (κ1) is 13.0. The van der Waals surface area contributed by atoms with Crippen LogP contribution in [0.5, 0.6) is 0 Å². The fourth-order valence-corrected chi connectivity index (χ4v) is 2.48. The van der Waals surface area contributed by atoms with Crippen LogP contribution in [0.1, 0.15) is 31.2 Å². The number of carbonyl (C=O) groups is 1. The average Bonchev–Trinajstić information content (AvgIpc) is 2.33. The molecule has 1 aliphatic rings. The van der Waals surface area contributed by atoms with Gasteiger partial charge in [-0.2, -0.15) is 0 Å². The van der Waals surface area contributed by atoms with Crippen molar-refractivity contribution in [2.45, 2.75) is 38.6 Å². The summed E-state index contributed by atoms with van der Waals surface area (Å²) in [6, 6.07) is 4.30. The Morgan fingerprint density at radius 3 is 2.78 bits per heavy atom. The van der Waals surface area contributed by atoms with Gasteiger partial charge in [-0.3, -0.25) is 4.79 Å². The lowest BCUT2D eigenvalue weighted by molar-refractivity contribution is -0.121. The van der Waals surface area contributed by atoms with Gasteiger partial charge in [-0.15, -0.1) is 0 Å². The summed E-state index contributed by atoms with van der Waals surface area (Å²) < 4.78 is 13.0. The van der Waals surface area contributed by atoms with Crippen molar-refractivity contribution in [1.29, 1.82) is 0 Å². The molecule has 0 bridgehead atoms. The van der Waals surface area contributed by atoms with Crippen LogP contribution in [0.2, 0.25) is 0 Å². The van der Waals surface area contributed by atoms with E-state index in [2.05, 4.69) is 5.32 Å². The standard InChI is InChI=1S/C14H19FN2O/c1-9-8-10(15)6-7-13(9)17-14(18)11-4-2-3-5-12(11)16/h6-8,11-12H,2-5,16H2,1H3,(H,17,18). The van der Waals surface area contributed by atoms with Gasteiger partial charge in [0.1, 0.15) is 5.82 Å². The molecule has 1 amide bonds. The number of nitrogens with two attached hydrogens (primary N) is 1. The third-order valence-electron chi connectivity index (χ3n) is 3.60. The van der Waals surface area contributed by atoms with Gasteiger partial charge in [-0.05, 0) is 43.5 Å². The van der Waals surface area contributed by atoms with E-state index in [0.717, 1.165) is 31.2 Å². The van der Waals surface area contributed by atoms with E-state index in [1.165, 1.54) is 12.1 Å². The third-order valence-corrected chi connectivity index (χ3v) is 3.60. The highest BCUT2D eigenvalue weighted by Gasteiger charge is 2.28. The van der Waals surface area contributed by atoms with Gasteiger partial charge in [0.2, 0.25) is 5.91 Å². The topological polar surface area (TPSA) is 55.1 Å². The largest absolute Gasteiger partial charge is 0.327 e. The molecular formula is C14H19FN2O. The molecule has 2 atom stereocenters. The average molecular weight is 250 g/mol. The van der Waals surface area contributed by atoms with Crippen LogP contribution < -0.4 is 11.1 Å². The first-order chi connectivity index (χ1) is 8.58. The summed E-state index contributed by atoms with van der Waals surface area (Å²) in [7, 11) is 0. The van der Waals surface area contributed by atoms with Crippen molar-refractivity contribution in [1.82, 2.24) is 0 Å². The van der Waals surface area contributed by atoms with Crippen LogP contribution in [0.4, 0.5) is 10.1 Å². The van der Waals surface area contributed by atoms with Crippen molar-refractivity contribution in [3.63, 3.8) is 0 Å². The molecule has 2 unspecified atom stereocenters. The molecule has 0 radical (unpaired) electrons. The molecule has 1 fully saturated rings. The first-order valence-electron chi connectivity index (χ1n) is 6.40. The monoisotopic (exact) mass is 250 g/mol. The van der Waals surface area contributed by atoms with Crippen LogP contribution in [0.25, 0.3) is 0 Å². The zero-order valence-electron chi connectivity index (χ0n) is 10.6. The van der Waals surface area contributed by atoms with Crippen LogP contribution in [0, 0.1) is 18.7 Å². The number of halogens is 1. The summed E-state index contributed by atoms with van der Waals surface area (Å²) in [5.41, 5.74) is 7.37. The van der Waals surface area contributed by atoms with Crippen LogP contribution in [0.15, 0.2) is 18.2 Å². The number of rotatable bonds is 2. The molecule has 3 N–H and O–H groups in total. The van der Waals surface area contributed by atoms with Crippen LogP contribution in [-0.4, -0.2) is 11.9 Å². The zero-order chi connectivity index (χ0) is 13.1. The molecule has 1 aliphatic carbocycles. The van der Waals surface area contributed by atoms with E-state index in [1.807, 2.05) is 0 Å². The van der Waals surface area contributed by atoms with E-state index >= 15 is 0 Å². The van der Waals surface area contributed by atoms with Gasteiger partial charge in [0.15, 0.2) is 0 Å². The second kappa shape index (κ2) is 5.48. The molecule has 3 nitrogen and oxygen atoms in total. The van der Waals surface area contributed by atoms with Crippen LogP contribution in [-0.2, 0) is 4.79 Å². The van der Waals surface area contributed by atoms with Crippen LogP contribution in [0.3, 0.4) is 0 Å². The van der Waals surface area contributed by atoms with Gasteiger partial charge in [0.05, 0.1) is 5.92 Å². The van der Waals surface area contributed by atoms with Gasteiger partial charge in [0, 0.05) is 11.7 Å². The number of carbonyl (C=O) groups excluding carboxylic acids is 1. The Morgan fingerprint density at radius 2 is 2.11 bits per heavy atom. The van der Waals surface area contributed by atoms with Gasteiger partial charge >= 0.3 is 0 Å². The summed E-state index contributed by atoms with van der Waals surface area (Å²) in [6.45, 7) is 1.78. The summed E-state index contributed by atoms with van der Waals surface area (Å²) in [5, 5.41) is 2.85. The SMILES string of the molecule is Cc1cc(F)ccc1NC(=O)C1CCCCC1N. The Morgan fingerprint density at radius 1 is 1.39 bits per heavy atom. The number of aryl methyl sites for hydroxylation is 1. The summed E-state index contributed by atoms with van der Waals surface area (Å²) in [4.78, 5) is 12.1. The molecule has 18 heavy (non-hydrogen) atoms. The number of hydrogen-bond acceptors (Lipinski definition) is 2. The molecule has 1 aromatic rings. The Hall–Kier alpha value is -1.42. The predicted molar refractivity (Wildman–Crippen MR) is 69.7 cm³/mol. The molecule has 1 aromatic carbocycles. The summed E-state index contributed by atoms with van der Waals surface area (Å²) >= 11 is 0. The second-order valence-corrected chi connectivity index (χ2v) is 5.00. The minimum absolute atomic E-state index is 0.0445. The van der Waals surface area contributed by atoms with Gasteiger partial charge < -0.3 is 11.1 Å². The lowest BCUT2D eigenvalue weighted by Gasteiger charge is -2.27. The minimum atomic E-state index is -0.292. The fourth-order valence-electron chi connectivity index (χ4n) is 2.48. The van der Waals surface area contributed by atoms with E-state index in [1.54, 1.807) is 13.0 Å². The predicted octanol–water partition coefficient (Wildman–Crippen LogP) is 2.59. The number of hydrogen-bond donors (Lipinski definition) is 2. The minimum Gasteiger partial charge on any atom is -0.327 e. The summed E-state index contributed by atoms with van der Waals surface area (Å²) in [6.07, 6.45) is 3.89. The fraction of sp³-hybridized carbons (Fsp3) is 0.500. The van der Waals surface area contributed by atoms with Crippen molar-refractivity contribution in [2.75, 3.05) is 5.32 Å². The molecular weight excluding hydrogens is 231 g/mol. The lowest BCUT2D eigenvalue weighted by atomic mass is 9.84. The van der Waals surface area contributed by atoms with Gasteiger partial charge in [-0.1, -0.05) is 12.8 Å². The second-order valence-electron chi connectivity index (χ2n) is 5.00. The highest BCUT2D eigenvalue weighted by molar-refractivity contribution is 5.93. The number of anilines is 1. The molecule has 0 heterocycles. The van der Waals surface area contributed by atoms with Crippen LogP contribution >= 0.6 is 0 Å². The normalized spacial score (nSPS) is 23.7. The van der Waals surface area contributed by atoms with E-state index in [-0.39, 0.29) is 23.7 Å². The smallest absolute Gasteiger partial charge is 0.229 e. The lowest BCUT2D eigenvalue weighted by Crippen LogP contribution is -2.40. The Labute approximate surface area is 107 Å². The quantitative estimate of drug-likeness (QED) is 0.847. The van der Waals surface area contributed by atoms with Crippen molar-refractivity contribution in [3.8, 4) is 0 Å². The molecule has 0 aliphatic heterocycles. The molecule has 98 valence electrons. The molecule has 0 aromatic heterocycles. The van der Waals surface area contributed by atoms with Crippen molar-refractivity contribution < 1.29 is 9.18 Å². The first-order valence-corrected chi connectivity index (χ1v) is 6.40. The Bertz CT molecular complexity index is 447. The maximum Gasteiger partial charge on any atom is 0.229 e. The molecule has 0 saturated heterocycles. The van der Waals surface area contributed by atoms with Crippen molar-refractivity contribution in [3.05, 3.63) is 29.6 Å². The van der Waals surface area contributed by atoms with E-state index in [9.17, 15) is 9.18 Å². The number of amides is 1. The Kier molecular flexibility index (Phi) is 3.97. The highest BCUT2D eigenvalue weighted by Crippen LogP contribution is 2.25. The third kappa shape index (κ3) is 2.88. The number of nitrogens with one attached hydrogen (secondary N) is 1. The molecule has 0 spiro atoms. The maximum absolute atomic E-state index is 13.0. The van der Waals surface area contributed by atoms with E-state index in [0.29, 0.717) is 5.69 Å². The maximum atomic E-state index is 13.0. The molecule has 4 heteroatoms. The summed E-state index contributed by atoms with van der Waals surface area (Å²) in [5.74, 6) is -0.458. The van der Waals surface area contributed by atoms with Gasteiger partial charge in [-0.25, -0.2) is 4.39 Å². The molecule has 1 saturated carbocycles.